The highest BCUT2D eigenvalue weighted by Crippen LogP contribution is 2.26. The minimum absolute atomic E-state index is 0.0248. The van der Waals surface area contributed by atoms with Crippen LogP contribution >= 0.6 is 11.3 Å². The van der Waals surface area contributed by atoms with Gasteiger partial charge in [-0.3, -0.25) is 4.79 Å². The van der Waals surface area contributed by atoms with Crippen molar-refractivity contribution in [2.75, 3.05) is 0 Å². The summed E-state index contributed by atoms with van der Waals surface area (Å²) in [4.78, 5) is 23.2. The van der Waals surface area contributed by atoms with Gasteiger partial charge >= 0.3 is 0 Å². The van der Waals surface area contributed by atoms with Gasteiger partial charge in [-0.1, -0.05) is 24.3 Å². The number of fused-ring (bicyclic) bond motifs is 2. The average molecular weight is 254 g/mol. The maximum Gasteiger partial charge on any atom is 0.196 e. The van der Waals surface area contributed by atoms with Crippen molar-refractivity contribution in [3.8, 4) is 0 Å². The molecule has 0 saturated carbocycles. The molecular formula is C15H10O2S. The summed E-state index contributed by atoms with van der Waals surface area (Å²) in [5.74, 6) is 0. The van der Waals surface area contributed by atoms with E-state index in [1.54, 1.807) is 11.3 Å². The second kappa shape index (κ2) is 4.35. The molecule has 3 aromatic rings. The lowest BCUT2D eigenvalue weighted by Gasteiger charge is -2.04. The van der Waals surface area contributed by atoms with Crippen LogP contribution in [-0.2, 0) is 11.2 Å². The van der Waals surface area contributed by atoms with Crippen molar-refractivity contribution < 1.29 is 4.79 Å². The van der Waals surface area contributed by atoms with Gasteiger partial charge in [-0.2, -0.15) is 0 Å². The van der Waals surface area contributed by atoms with Crippen LogP contribution in [0.2, 0.25) is 0 Å². The molecule has 3 rings (SSSR count). The second-order valence-corrected chi connectivity index (χ2v) is 5.17. The van der Waals surface area contributed by atoms with Gasteiger partial charge in [0.15, 0.2) is 5.43 Å². The van der Waals surface area contributed by atoms with E-state index in [2.05, 4.69) is 0 Å². The van der Waals surface area contributed by atoms with Gasteiger partial charge in [-0.15, -0.1) is 11.3 Å². The second-order valence-electron chi connectivity index (χ2n) is 4.09. The first-order chi connectivity index (χ1) is 8.81. The van der Waals surface area contributed by atoms with E-state index in [1.807, 2.05) is 42.5 Å². The summed E-state index contributed by atoms with van der Waals surface area (Å²) in [6, 6.07) is 13.3. The van der Waals surface area contributed by atoms with E-state index in [0.29, 0.717) is 5.39 Å². The maximum absolute atomic E-state index is 12.5. The topological polar surface area (TPSA) is 34.1 Å². The number of benzene rings is 2. The fourth-order valence-electron chi connectivity index (χ4n) is 2.18. The highest BCUT2D eigenvalue weighted by Gasteiger charge is 2.08. The monoisotopic (exact) mass is 254 g/mol. The molecule has 0 amide bonds. The molecule has 0 unspecified atom stereocenters. The van der Waals surface area contributed by atoms with E-state index in [1.165, 1.54) is 0 Å². The summed E-state index contributed by atoms with van der Waals surface area (Å²) in [5.41, 5.74) is 0.839. The van der Waals surface area contributed by atoms with Crippen LogP contribution < -0.4 is 5.43 Å². The van der Waals surface area contributed by atoms with E-state index >= 15 is 0 Å². The third-order valence-corrected chi connectivity index (χ3v) is 4.13. The maximum atomic E-state index is 12.5. The SMILES string of the molecule is O=CCc1cccc2sc3ccccc3c(=O)c12. The van der Waals surface area contributed by atoms with Crippen molar-refractivity contribution >= 4 is 37.8 Å². The smallest absolute Gasteiger partial charge is 0.196 e. The molecule has 18 heavy (non-hydrogen) atoms. The summed E-state index contributed by atoms with van der Waals surface area (Å²) in [7, 11) is 0. The van der Waals surface area contributed by atoms with Crippen molar-refractivity contribution in [1.82, 2.24) is 0 Å². The fraction of sp³-hybridized carbons (Fsp3) is 0.0667. The van der Waals surface area contributed by atoms with Crippen molar-refractivity contribution in [2.24, 2.45) is 0 Å². The molecule has 0 aliphatic rings. The molecule has 0 fully saturated rings. The zero-order valence-corrected chi connectivity index (χ0v) is 10.4. The minimum atomic E-state index is 0.0248. The molecule has 0 N–H and O–H groups in total. The zero-order chi connectivity index (χ0) is 12.5. The molecule has 0 atom stereocenters. The Morgan fingerprint density at radius 3 is 2.61 bits per heavy atom. The fourth-order valence-corrected chi connectivity index (χ4v) is 3.30. The standard InChI is InChI=1S/C15H10O2S/c16-9-8-10-4-3-7-13-14(10)15(17)11-5-1-2-6-12(11)18-13/h1-7,9H,8H2. The van der Waals surface area contributed by atoms with Gasteiger partial charge in [0.25, 0.3) is 0 Å². The first-order valence-electron chi connectivity index (χ1n) is 5.68. The summed E-state index contributed by atoms with van der Waals surface area (Å²) in [6.45, 7) is 0. The van der Waals surface area contributed by atoms with Crippen LogP contribution in [0, 0.1) is 0 Å². The quantitative estimate of drug-likeness (QED) is 0.520. The molecular weight excluding hydrogens is 244 g/mol. The van der Waals surface area contributed by atoms with Crippen molar-refractivity contribution in [3.63, 3.8) is 0 Å². The van der Waals surface area contributed by atoms with Crippen molar-refractivity contribution in [1.29, 1.82) is 0 Å². The van der Waals surface area contributed by atoms with E-state index in [0.717, 1.165) is 26.6 Å². The predicted octanol–water partition coefficient (Wildman–Crippen LogP) is 3.16. The molecule has 0 spiro atoms. The summed E-state index contributed by atoms with van der Waals surface area (Å²) in [6.07, 6.45) is 1.13. The molecule has 2 nitrogen and oxygen atoms in total. The van der Waals surface area contributed by atoms with E-state index in [4.69, 9.17) is 0 Å². The summed E-state index contributed by atoms with van der Waals surface area (Å²) in [5, 5.41) is 1.42. The first-order valence-corrected chi connectivity index (χ1v) is 6.50. The number of carbonyl (C=O) groups is 1. The van der Waals surface area contributed by atoms with Crippen LogP contribution in [0.4, 0.5) is 0 Å². The highest BCUT2D eigenvalue weighted by atomic mass is 32.1. The Morgan fingerprint density at radius 1 is 1.00 bits per heavy atom. The van der Waals surface area contributed by atoms with Crippen LogP contribution in [0.25, 0.3) is 20.2 Å². The van der Waals surface area contributed by atoms with Crippen LogP contribution in [0.5, 0.6) is 0 Å². The molecule has 0 aliphatic carbocycles. The molecule has 3 heteroatoms. The number of hydrogen-bond donors (Lipinski definition) is 0. The van der Waals surface area contributed by atoms with Gasteiger partial charge in [0, 0.05) is 26.6 Å². The summed E-state index contributed by atoms with van der Waals surface area (Å²) < 4.78 is 1.93. The normalized spacial score (nSPS) is 10.9. The number of carbonyl (C=O) groups excluding carboxylic acids is 1. The Balaban J connectivity index is 2.53. The molecule has 1 heterocycles. The van der Waals surface area contributed by atoms with Crippen molar-refractivity contribution in [3.05, 3.63) is 58.3 Å². The first kappa shape index (κ1) is 11.1. The lowest BCUT2D eigenvalue weighted by atomic mass is 10.1. The van der Waals surface area contributed by atoms with Gasteiger partial charge in [0.05, 0.1) is 0 Å². The van der Waals surface area contributed by atoms with Gasteiger partial charge in [-0.05, 0) is 23.8 Å². The Morgan fingerprint density at radius 2 is 1.78 bits per heavy atom. The van der Waals surface area contributed by atoms with Gasteiger partial charge < -0.3 is 4.79 Å². The molecule has 1 aromatic heterocycles. The largest absolute Gasteiger partial charge is 0.303 e. The molecule has 2 aromatic carbocycles. The predicted molar refractivity (Wildman–Crippen MR) is 75.4 cm³/mol. The molecule has 0 bridgehead atoms. The van der Waals surface area contributed by atoms with Gasteiger partial charge in [-0.25, -0.2) is 0 Å². The van der Waals surface area contributed by atoms with Gasteiger partial charge in [0.2, 0.25) is 0 Å². The number of rotatable bonds is 2. The number of hydrogen-bond acceptors (Lipinski definition) is 3. The van der Waals surface area contributed by atoms with Crippen LogP contribution in [0.15, 0.2) is 47.3 Å². The molecule has 88 valence electrons. The van der Waals surface area contributed by atoms with Crippen molar-refractivity contribution in [2.45, 2.75) is 6.42 Å². The van der Waals surface area contributed by atoms with E-state index in [-0.39, 0.29) is 11.8 Å². The molecule has 0 saturated heterocycles. The highest BCUT2D eigenvalue weighted by molar-refractivity contribution is 7.24. The van der Waals surface area contributed by atoms with Crippen LogP contribution in [-0.4, -0.2) is 6.29 Å². The van der Waals surface area contributed by atoms with E-state index < -0.39 is 0 Å². The third-order valence-electron chi connectivity index (χ3n) is 2.99. The minimum Gasteiger partial charge on any atom is -0.303 e. The Labute approximate surface area is 107 Å². The summed E-state index contributed by atoms with van der Waals surface area (Å²) >= 11 is 1.59. The van der Waals surface area contributed by atoms with Crippen LogP contribution in [0.3, 0.4) is 0 Å². The lowest BCUT2D eigenvalue weighted by Crippen LogP contribution is -2.04. The van der Waals surface area contributed by atoms with Gasteiger partial charge in [0.1, 0.15) is 6.29 Å². The third kappa shape index (κ3) is 1.64. The van der Waals surface area contributed by atoms with E-state index in [9.17, 15) is 9.59 Å². The Hall–Kier alpha value is -2.00. The van der Waals surface area contributed by atoms with Crippen LogP contribution in [0.1, 0.15) is 5.56 Å². The lowest BCUT2D eigenvalue weighted by molar-refractivity contribution is -0.107. The Kier molecular flexibility index (Phi) is 2.68. The molecule has 0 aliphatic heterocycles. The Bertz CT molecular complexity index is 802. The number of aldehydes is 1. The molecule has 0 radical (unpaired) electrons. The average Bonchev–Trinajstić information content (AvgIpc) is 2.39. The zero-order valence-electron chi connectivity index (χ0n) is 9.55.